The Labute approximate surface area is 59.9 Å². The van der Waals surface area contributed by atoms with Crippen LogP contribution in [0.25, 0.3) is 0 Å². The molecule has 0 amide bonds. The Morgan fingerprint density at radius 2 is 2.30 bits per heavy atom. The Hall–Kier alpha value is -1.38. The molecule has 0 aliphatic heterocycles. The molecule has 0 saturated heterocycles. The van der Waals surface area contributed by atoms with E-state index in [9.17, 15) is 4.79 Å². The number of rotatable bonds is 3. The molecule has 3 heteroatoms. The summed E-state index contributed by atoms with van der Waals surface area (Å²) in [5.74, 6) is -0.179. The van der Waals surface area contributed by atoms with E-state index in [4.69, 9.17) is 5.73 Å². The topological polar surface area (TPSA) is 55.4 Å². The normalized spacial score (nSPS) is 11.9. The molecule has 0 radical (unpaired) electrons. The molecule has 0 saturated carbocycles. The number of Topliss-reactive ketones (excluding diaryl/α,β-unsaturated/α-hetero) is 1. The van der Waals surface area contributed by atoms with Gasteiger partial charge >= 0.3 is 0 Å². The van der Waals surface area contributed by atoms with Crippen molar-refractivity contribution in [3.8, 4) is 0 Å². The van der Waals surface area contributed by atoms with Crippen LogP contribution in [0.3, 0.4) is 0 Å². The van der Waals surface area contributed by atoms with Crippen LogP contribution in [0.15, 0.2) is 29.5 Å². The molecule has 0 aromatic rings. The maximum absolute atomic E-state index is 10.4. The average Bonchev–Trinajstić information content (AvgIpc) is 1.88. The summed E-state index contributed by atoms with van der Waals surface area (Å²) in [7, 11) is 0. The van der Waals surface area contributed by atoms with E-state index in [-0.39, 0.29) is 11.5 Å². The van der Waals surface area contributed by atoms with Crippen molar-refractivity contribution in [1.29, 1.82) is 0 Å². The molecule has 0 heterocycles. The minimum Gasteiger partial charge on any atom is -0.395 e. The maximum Gasteiger partial charge on any atom is 0.176 e. The third kappa shape index (κ3) is 3.60. The average molecular weight is 138 g/mol. The van der Waals surface area contributed by atoms with Crippen LogP contribution >= 0.6 is 0 Å². The number of ketones is 1. The van der Waals surface area contributed by atoms with Gasteiger partial charge in [0.1, 0.15) is 0 Å². The standard InChI is InChI=1S/C7H10N2O/c1-3-4-9-5-7(8)6(2)10/h3-5H,1,8H2,2H3/b7-5-,9-4-. The van der Waals surface area contributed by atoms with E-state index in [1.807, 2.05) is 0 Å². The van der Waals surface area contributed by atoms with Gasteiger partial charge in [-0.2, -0.15) is 0 Å². The van der Waals surface area contributed by atoms with Gasteiger partial charge in [0, 0.05) is 13.1 Å². The van der Waals surface area contributed by atoms with E-state index >= 15 is 0 Å². The van der Waals surface area contributed by atoms with Gasteiger partial charge in [-0.3, -0.25) is 9.79 Å². The summed E-state index contributed by atoms with van der Waals surface area (Å²) >= 11 is 0. The number of carbonyl (C=O) groups excluding carboxylic acids is 1. The summed E-state index contributed by atoms with van der Waals surface area (Å²) in [4.78, 5) is 14.1. The zero-order chi connectivity index (χ0) is 7.98. The number of hydrogen-bond acceptors (Lipinski definition) is 3. The van der Waals surface area contributed by atoms with Gasteiger partial charge in [-0.15, -0.1) is 0 Å². The second-order valence-corrected chi connectivity index (χ2v) is 1.67. The van der Waals surface area contributed by atoms with E-state index in [0.717, 1.165) is 0 Å². The number of hydrogen-bond donors (Lipinski definition) is 1. The Balaban J connectivity index is 4.04. The van der Waals surface area contributed by atoms with E-state index in [1.165, 1.54) is 25.4 Å². The second-order valence-electron chi connectivity index (χ2n) is 1.67. The molecule has 0 aromatic carbocycles. The van der Waals surface area contributed by atoms with Crippen molar-refractivity contribution >= 4 is 12.0 Å². The first-order chi connectivity index (χ1) is 4.68. The van der Waals surface area contributed by atoms with Crippen LogP contribution in [0.2, 0.25) is 0 Å². The van der Waals surface area contributed by atoms with Crippen LogP contribution in [0.1, 0.15) is 6.92 Å². The van der Waals surface area contributed by atoms with Crippen molar-refractivity contribution < 1.29 is 4.79 Å². The monoisotopic (exact) mass is 138 g/mol. The molecule has 0 spiro atoms. The van der Waals surface area contributed by atoms with Gasteiger partial charge in [0.15, 0.2) is 5.78 Å². The molecule has 0 bridgehead atoms. The molecule has 0 aromatic heterocycles. The van der Waals surface area contributed by atoms with Gasteiger partial charge in [0.2, 0.25) is 0 Å². The van der Waals surface area contributed by atoms with Gasteiger partial charge in [0.25, 0.3) is 0 Å². The SMILES string of the molecule is C=C/C=N\C=C(/N)C(C)=O. The van der Waals surface area contributed by atoms with E-state index in [0.29, 0.717) is 0 Å². The third-order valence-electron chi connectivity index (χ3n) is 0.812. The summed E-state index contributed by atoms with van der Waals surface area (Å²) in [6.07, 6.45) is 4.25. The summed E-state index contributed by atoms with van der Waals surface area (Å²) in [5, 5.41) is 0. The minimum atomic E-state index is -0.179. The lowest BCUT2D eigenvalue weighted by Crippen LogP contribution is -2.05. The number of carbonyl (C=O) groups is 1. The molecule has 10 heavy (non-hydrogen) atoms. The summed E-state index contributed by atoms with van der Waals surface area (Å²) in [5.41, 5.74) is 5.37. The second kappa shape index (κ2) is 4.49. The molecule has 0 rings (SSSR count). The molecular formula is C7H10N2O. The molecule has 0 aliphatic carbocycles. The highest BCUT2D eigenvalue weighted by atomic mass is 16.1. The zero-order valence-corrected chi connectivity index (χ0v) is 5.87. The minimum absolute atomic E-state index is 0.151. The molecule has 0 aliphatic rings. The van der Waals surface area contributed by atoms with Crippen molar-refractivity contribution in [2.24, 2.45) is 10.7 Å². The molecule has 2 N–H and O–H groups in total. The fourth-order valence-electron chi connectivity index (χ4n) is 0.275. The quantitative estimate of drug-likeness (QED) is 0.459. The van der Waals surface area contributed by atoms with Crippen LogP contribution in [0, 0.1) is 0 Å². The lowest BCUT2D eigenvalue weighted by Gasteiger charge is -1.87. The van der Waals surface area contributed by atoms with E-state index < -0.39 is 0 Å². The van der Waals surface area contributed by atoms with Crippen LogP contribution in [-0.4, -0.2) is 12.0 Å². The van der Waals surface area contributed by atoms with Gasteiger partial charge in [-0.25, -0.2) is 0 Å². The molecular weight excluding hydrogens is 128 g/mol. The Morgan fingerprint density at radius 3 is 2.70 bits per heavy atom. The van der Waals surface area contributed by atoms with Crippen LogP contribution in [-0.2, 0) is 4.79 Å². The van der Waals surface area contributed by atoms with Crippen LogP contribution in [0.4, 0.5) is 0 Å². The summed E-state index contributed by atoms with van der Waals surface area (Å²) < 4.78 is 0. The van der Waals surface area contributed by atoms with Crippen molar-refractivity contribution in [3.05, 3.63) is 24.6 Å². The number of aliphatic imine (C=N–C) groups is 1. The number of nitrogens with two attached hydrogens (primary N) is 1. The zero-order valence-electron chi connectivity index (χ0n) is 5.87. The summed E-state index contributed by atoms with van der Waals surface area (Å²) in [6, 6.07) is 0. The number of allylic oxidation sites excluding steroid dienone is 2. The number of nitrogens with zero attached hydrogens (tertiary/aromatic N) is 1. The highest BCUT2D eigenvalue weighted by Crippen LogP contribution is 1.84. The third-order valence-corrected chi connectivity index (χ3v) is 0.812. The largest absolute Gasteiger partial charge is 0.395 e. The van der Waals surface area contributed by atoms with Crippen molar-refractivity contribution in [3.63, 3.8) is 0 Å². The highest BCUT2D eigenvalue weighted by Gasteiger charge is 1.92. The predicted octanol–water partition coefficient (Wildman–Crippen LogP) is 0.632. The highest BCUT2D eigenvalue weighted by molar-refractivity contribution is 5.92. The fourth-order valence-corrected chi connectivity index (χ4v) is 0.275. The Kier molecular flexibility index (Phi) is 3.87. The summed E-state index contributed by atoms with van der Waals surface area (Å²) in [6.45, 7) is 4.78. The lowest BCUT2D eigenvalue weighted by molar-refractivity contribution is -0.113. The fraction of sp³-hybridized carbons (Fsp3) is 0.143. The Morgan fingerprint density at radius 1 is 1.70 bits per heavy atom. The van der Waals surface area contributed by atoms with Gasteiger partial charge in [-0.05, 0) is 0 Å². The first-order valence-electron chi connectivity index (χ1n) is 2.79. The smallest absolute Gasteiger partial charge is 0.176 e. The van der Waals surface area contributed by atoms with Crippen LogP contribution < -0.4 is 5.73 Å². The van der Waals surface area contributed by atoms with Crippen molar-refractivity contribution in [2.75, 3.05) is 0 Å². The van der Waals surface area contributed by atoms with Gasteiger partial charge in [0.05, 0.1) is 11.9 Å². The first-order valence-corrected chi connectivity index (χ1v) is 2.79. The van der Waals surface area contributed by atoms with Crippen LogP contribution in [0.5, 0.6) is 0 Å². The van der Waals surface area contributed by atoms with Crippen molar-refractivity contribution in [2.45, 2.75) is 6.92 Å². The molecule has 3 nitrogen and oxygen atoms in total. The molecule has 0 fully saturated rings. The predicted molar refractivity (Wildman–Crippen MR) is 41.6 cm³/mol. The maximum atomic E-state index is 10.4. The van der Waals surface area contributed by atoms with E-state index in [1.54, 1.807) is 0 Å². The van der Waals surface area contributed by atoms with E-state index in [2.05, 4.69) is 11.6 Å². The molecule has 54 valence electrons. The lowest BCUT2D eigenvalue weighted by atomic mass is 10.3. The molecule has 0 unspecified atom stereocenters. The molecule has 0 atom stereocenters. The first kappa shape index (κ1) is 8.62. The van der Waals surface area contributed by atoms with Gasteiger partial charge in [-0.1, -0.05) is 12.7 Å². The Bertz CT molecular complexity index is 192. The van der Waals surface area contributed by atoms with Gasteiger partial charge < -0.3 is 5.73 Å². The van der Waals surface area contributed by atoms with Crippen molar-refractivity contribution in [1.82, 2.24) is 0 Å².